The zero-order valence-corrected chi connectivity index (χ0v) is 21.6. The van der Waals surface area contributed by atoms with Gasteiger partial charge in [0, 0.05) is 38.7 Å². The number of hydrogen-bond donors (Lipinski definition) is 4. The average Bonchev–Trinajstić information content (AvgIpc) is 3.23. The molecule has 1 saturated heterocycles. The third kappa shape index (κ3) is 7.13. The maximum atomic E-state index is 13.4. The van der Waals surface area contributed by atoms with E-state index in [4.69, 9.17) is 5.73 Å². The number of likely N-dealkylation sites (tertiary alicyclic amines) is 1. The van der Waals surface area contributed by atoms with Gasteiger partial charge in [0.1, 0.15) is 18.1 Å². The van der Waals surface area contributed by atoms with Crippen LogP contribution in [0, 0.1) is 5.41 Å². The zero-order chi connectivity index (χ0) is 27.3. The minimum absolute atomic E-state index is 0.0137. The molecule has 4 amide bonds. The van der Waals surface area contributed by atoms with Crippen molar-refractivity contribution in [2.24, 2.45) is 11.1 Å². The van der Waals surface area contributed by atoms with Crippen LogP contribution in [-0.2, 0) is 25.6 Å². The van der Waals surface area contributed by atoms with Gasteiger partial charge in [-0.2, -0.15) is 0 Å². The van der Waals surface area contributed by atoms with Crippen LogP contribution < -0.4 is 16.4 Å². The summed E-state index contributed by atoms with van der Waals surface area (Å²) in [5.41, 5.74) is 7.66. The lowest BCUT2D eigenvalue weighted by molar-refractivity contribution is -0.144. The number of nitrogens with zero attached hydrogens (tertiary/aromatic N) is 2. The predicted molar refractivity (Wildman–Crippen MR) is 138 cm³/mol. The van der Waals surface area contributed by atoms with E-state index >= 15 is 0 Å². The first-order valence-electron chi connectivity index (χ1n) is 12.2. The van der Waals surface area contributed by atoms with Gasteiger partial charge >= 0.3 is 0 Å². The molecule has 3 rings (SSSR count). The van der Waals surface area contributed by atoms with Gasteiger partial charge in [0.05, 0.1) is 6.10 Å². The largest absolute Gasteiger partial charge is 0.391 e. The summed E-state index contributed by atoms with van der Waals surface area (Å²) < 4.78 is 0. The number of hydrogen-bond acceptors (Lipinski definition) is 6. The van der Waals surface area contributed by atoms with Crippen LogP contribution in [0.5, 0.6) is 0 Å². The van der Waals surface area contributed by atoms with E-state index in [0.717, 1.165) is 16.7 Å². The Morgan fingerprint density at radius 2 is 1.78 bits per heavy atom. The fraction of sp³-hybridized carbons (Fsp3) is 0.444. The molecule has 1 aromatic heterocycles. The molecule has 0 bridgehead atoms. The summed E-state index contributed by atoms with van der Waals surface area (Å²) >= 11 is 0. The molecule has 1 fully saturated rings. The Kier molecular flexibility index (Phi) is 8.65. The van der Waals surface area contributed by atoms with Crippen LogP contribution in [0.4, 0.5) is 0 Å². The third-order valence-electron chi connectivity index (χ3n) is 6.37. The normalized spacial score (nSPS) is 19.1. The van der Waals surface area contributed by atoms with Gasteiger partial charge in [0.15, 0.2) is 0 Å². The van der Waals surface area contributed by atoms with Crippen molar-refractivity contribution in [3.63, 3.8) is 0 Å². The number of carbonyl (C=O) groups excluding carboxylic acids is 4. The second-order valence-corrected chi connectivity index (χ2v) is 10.5. The molecule has 2 aromatic rings. The fourth-order valence-corrected chi connectivity index (χ4v) is 4.42. The smallest absolute Gasteiger partial charge is 0.246 e. The van der Waals surface area contributed by atoms with E-state index in [0.29, 0.717) is 0 Å². The van der Waals surface area contributed by atoms with E-state index in [1.54, 1.807) is 33.2 Å². The topological polar surface area (TPSA) is 155 Å². The molecule has 0 saturated carbocycles. The molecule has 5 N–H and O–H groups in total. The van der Waals surface area contributed by atoms with Gasteiger partial charge < -0.3 is 26.4 Å². The van der Waals surface area contributed by atoms with Crippen molar-refractivity contribution in [1.82, 2.24) is 20.5 Å². The number of amides is 4. The Morgan fingerprint density at radius 3 is 2.32 bits per heavy atom. The van der Waals surface area contributed by atoms with Gasteiger partial charge in [-0.15, -0.1) is 0 Å². The number of aromatic nitrogens is 1. The quantitative estimate of drug-likeness (QED) is 0.412. The van der Waals surface area contributed by atoms with Crippen LogP contribution in [0.25, 0.3) is 11.1 Å². The van der Waals surface area contributed by atoms with E-state index in [-0.39, 0.29) is 25.3 Å². The Morgan fingerprint density at radius 1 is 1.11 bits per heavy atom. The highest BCUT2D eigenvalue weighted by Crippen LogP contribution is 2.26. The van der Waals surface area contributed by atoms with Crippen LogP contribution in [0.2, 0.25) is 0 Å². The Bertz CT molecular complexity index is 1130. The van der Waals surface area contributed by atoms with E-state index in [2.05, 4.69) is 15.6 Å². The first kappa shape index (κ1) is 27.8. The van der Waals surface area contributed by atoms with Crippen molar-refractivity contribution in [3.8, 4) is 11.1 Å². The summed E-state index contributed by atoms with van der Waals surface area (Å²) in [5.74, 6) is -2.15. The molecular formula is C27H35N5O5. The Balaban J connectivity index is 1.73. The second-order valence-electron chi connectivity index (χ2n) is 10.5. The summed E-state index contributed by atoms with van der Waals surface area (Å²) in [6.45, 7) is 6.66. The summed E-state index contributed by atoms with van der Waals surface area (Å²) in [5, 5.41) is 15.6. The highest BCUT2D eigenvalue weighted by Gasteiger charge is 2.44. The number of aliphatic hydroxyl groups is 1. The minimum atomic E-state index is -1.01. The highest BCUT2D eigenvalue weighted by atomic mass is 16.3. The predicted octanol–water partition coefficient (Wildman–Crippen LogP) is 0.774. The molecule has 0 unspecified atom stereocenters. The second kappa shape index (κ2) is 11.5. The molecule has 0 radical (unpaired) electrons. The lowest BCUT2D eigenvalue weighted by atomic mass is 9.85. The molecule has 198 valence electrons. The SMILES string of the molecule is CC(=O)N[C@H](C(=O)N1C[C@H](O)C[C@H]1C(=O)N[C@H](Cc1ccc(-c2cccnc2)cc1)C(N)=O)C(C)(C)C. The number of carbonyl (C=O) groups is 4. The van der Waals surface area contributed by atoms with Crippen LogP contribution in [0.3, 0.4) is 0 Å². The number of benzene rings is 1. The minimum Gasteiger partial charge on any atom is -0.391 e. The third-order valence-corrected chi connectivity index (χ3v) is 6.37. The number of rotatable bonds is 8. The molecule has 1 aliphatic heterocycles. The molecule has 0 spiro atoms. The summed E-state index contributed by atoms with van der Waals surface area (Å²) in [4.78, 5) is 55.9. The molecule has 1 aliphatic rings. The highest BCUT2D eigenvalue weighted by molar-refractivity contribution is 5.94. The van der Waals surface area contributed by atoms with Crippen LogP contribution in [0.15, 0.2) is 48.8 Å². The maximum absolute atomic E-state index is 13.4. The van der Waals surface area contributed by atoms with Crippen LogP contribution >= 0.6 is 0 Å². The number of nitrogens with two attached hydrogens (primary N) is 1. The first-order chi connectivity index (χ1) is 17.4. The van der Waals surface area contributed by atoms with Crippen molar-refractivity contribution in [1.29, 1.82) is 0 Å². The monoisotopic (exact) mass is 509 g/mol. The van der Waals surface area contributed by atoms with Gasteiger partial charge in [-0.25, -0.2) is 0 Å². The molecule has 4 atom stereocenters. The van der Waals surface area contributed by atoms with Crippen molar-refractivity contribution in [2.75, 3.05) is 6.54 Å². The van der Waals surface area contributed by atoms with Gasteiger partial charge in [-0.3, -0.25) is 24.2 Å². The van der Waals surface area contributed by atoms with Crippen LogP contribution in [-0.4, -0.2) is 69.4 Å². The first-order valence-corrected chi connectivity index (χ1v) is 12.2. The average molecular weight is 510 g/mol. The summed E-state index contributed by atoms with van der Waals surface area (Å²) in [6, 6.07) is 8.36. The van der Waals surface area contributed by atoms with Crippen molar-refractivity contribution in [2.45, 2.75) is 64.8 Å². The van der Waals surface area contributed by atoms with Crippen molar-refractivity contribution in [3.05, 3.63) is 54.4 Å². The lowest BCUT2D eigenvalue weighted by Crippen LogP contribution is -2.58. The summed E-state index contributed by atoms with van der Waals surface area (Å²) in [6.07, 6.45) is 2.71. The van der Waals surface area contributed by atoms with Gasteiger partial charge in [-0.05, 0) is 28.2 Å². The molecule has 10 nitrogen and oxygen atoms in total. The van der Waals surface area contributed by atoms with E-state index in [9.17, 15) is 24.3 Å². The van der Waals surface area contributed by atoms with Crippen molar-refractivity contribution >= 4 is 23.6 Å². The molecule has 10 heteroatoms. The molecule has 37 heavy (non-hydrogen) atoms. The molecule has 1 aromatic carbocycles. The number of nitrogens with one attached hydrogen (secondary N) is 2. The van der Waals surface area contributed by atoms with Gasteiger partial charge in [0.25, 0.3) is 0 Å². The Hall–Kier alpha value is -3.79. The van der Waals surface area contributed by atoms with Gasteiger partial charge in [0.2, 0.25) is 23.6 Å². The van der Waals surface area contributed by atoms with Gasteiger partial charge in [-0.1, -0.05) is 51.1 Å². The number of β-amino-alcohol motifs (C(OH)–C–C–N with tert-alkyl or cyclic N) is 1. The molecule has 0 aliphatic carbocycles. The van der Waals surface area contributed by atoms with Crippen LogP contribution in [0.1, 0.15) is 39.7 Å². The van der Waals surface area contributed by atoms with Crippen molar-refractivity contribution < 1.29 is 24.3 Å². The summed E-state index contributed by atoms with van der Waals surface area (Å²) in [7, 11) is 0. The maximum Gasteiger partial charge on any atom is 0.246 e. The lowest BCUT2D eigenvalue weighted by Gasteiger charge is -2.35. The van der Waals surface area contributed by atoms with E-state index in [1.165, 1.54) is 11.8 Å². The number of aliphatic hydroxyl groups excluding tert-OH is 1. The molecule has 2 heterocycles. The number of primary amides is 1. The van der Waals surface area contributed by atoms with E-state index < -0.39 is 47.4 Å². The fourth-order valence-electron chi connectivity index (χ4n) is 4.42. The Labute approximate surface area is 216 Å². The molecular weight excluding hydrogens is 474 g/mol. The van der Waals surface area contributed by atoms with E-state index in [1.807, 2.05) is 36.4 Å². The number of pyridine rings is 1. The standard InChI is InChI=1S/C27H35N5O5/c1-16(33)30-23(27(2,3)4)26(37)32-15-20(34)13-22(32)25(36)31-21(24(28)35)12-17-7-9-18(10-8-17)19-6-5-11-29-14-19/h5-11,14,20-23,34H,12-13,15H2,1-4H3,(H2,28,35)(H,30,33)(H,31,36)/t20-,21-,22+,23-/m1/s1. The zero-order valence-electron chi connectivity index (χ0n) is 21.6.